The van der Waals surface area contributed by atoms with Crippen LogP contribution in [0.2, 0.25) is 0 Å². The number of nitrogens with zero attached hydrogens (tertiary/aromatic N) is 1. The van der Waals surface area contributed by atoms with Crippen molar-refractivity contribution < 1.29 is 14.3 Å². The van der Waals surface area contributed by atoms with Gasteiger partial charge in [-0.3, -0.25) is 9.59 Å². The number of Topliss-reactive ketones (excluding diaryl/α,β-unsaturated/α-hetero) is 1. The standard InChI is InChI=1S/C14H15NO3/c1-18-11-4-2-9(3-5-11)8-15-12-6-10(14(15)17)7-13(12)16/h2-5,10,12H,6-8H2,1H3/t10-,12-/m1/s1. The molecule has 1 aliphatic heterocycles. The molecule has 0 spiro atoms. The minimum atomic E-state index is -0.176. The van der Waals surface area contributed by atoms with Crippen molar-refractivity contribution in [1.29, 1.82) is 0 Å². The number of piperidine rings is 1. The first-order valence-corrected chi connectivity index (χ1v) is 6.15. The highest BCUT2D eigenvalue weighted by Gasteiger charge is 2.49. The Balaban J connectivity index is 1.76. The maximum absolute atomic E-state index is 12.0. The molecular formula is C14H15NO3. The van der Waals surface area contributed by atoms with E-state index in [4.69, 9.17) is 4.74 Å². The average Bonchev–Trinajstić information content (AvgIpc) is 2.89. The number of rotatable bonds is 3. The molecule has 2 atom stereocenters. The van der Waals surface area contributed by atoms with Gasteiger partial charge in [0.25, 0.3) is 0 Å². The number of ketones is 1. The van der Waals surface area contributed by atoms with Crippen molar-refractivity contribution in [2.75, 3.05) is 7.11 Å². The van der Waals surface area contributed by atoms with Crippen LogP contribution in [0.3, 0.4) is 0 Å². The normalized spacial score (nSPS) is 25.9. The molecule has 4 heteroatoms. The third-order valence-corrected chi connectivity index (χ3v) is 3.85. The van der Waals surface area contributed by atoms with Crippen LogP contribution in [0.25, 0.3) is 0 Å². The Morgan fingerprint density at radius 1 is 1.28 bits per heavy atom. The van der Waals surface area contributed by atoms with Gasteiger partial charge < -0.3 is 9.64 Å². The van der Waals surface area contributed by atoms with Gasteiger partial charge in [-0.05, 0) is 24.1 Å². The third-order valence-electron chi connectivity index (χ3n) is 3.85. The van der Waals surface area contributed by atoms with Crippen LogP contribution in [0.15, 0.2) is 24.3 Å². The lowest BCUT2D eigenvalue weighted by atomic mass is 10.1. The maximum Gasteiger partial charge on any atom is 0.227 e. The van der Waals surface area contributed by atoms with Crippen LogP contribution in [-0.4, -0.2) is 29.7 Å². The second-order valence-corrected chi connectivity index (χ2v) is 4.93. The van der Waals surface area contributed by atoms with Gasteiger partial charge in [-0.15, -0.1) is 0 Å². The van der Waals surface area contributed by atoms with Crippen LogP contribution in [0.5, 0.6) is 5.75 Å². The summed E-state index contributed by atoms with van der Waals surface area (Å²) in [7, 11) is 1.62. The van der Waals surface area contributed by atoms with Gasteiger partial charge in [0.05, 0.1) is 13.2 Å². The lowest BCUT2D eigenvalue weighted by molar-refractivity contribution is -0.141. The van der Waals surface area contributed by atoms with Crippen LogP contribution >= 0.6 is 0 Å². The predicted octanol–water partition coefficient (Wildman–Crippen LogP) is 1.39. The first-order chi connectivity index (χ1) is 8.69. The van der Waals surface area contributed by atoms with Crippen molar-refractivity contribution in [3.05, 3.63) is 29.8 Å². The topological polar surface area (TPSA) is 46.6 Å². The molecule has 18 heavy (non-hydrogen) atoms. The number of amides is 1. The van der Waals surface area contributed by atoms with Gasteiger partial charge in [-0.25, -0.2) is 0 Å². The van der Waals surface area contributed by atoms with E-state index in [-0.39, 0.29) is 23.7 Å². The van der Waals surface area contributed by atoms with Crippen molar-refractivity contribution in [2.24, 2.45) is 5.92 Å². The maximum atomic E-state index is 12.0. The number of hydrogen-bond donors (Lipinski definition) is 0. The van der Waals surface area contributed by atoms with E-state index in [1.165, 1.54) is 0 Å². The Morgan fingerprint density at radius 3 is 2.61 bits per heavy atom. The Hall–Kier alpha value is -1.84. The fourth-order valence-electron chi connectivity index (χ4n) is 2.86. The van der Waals surface area contributed by atoms with Gasteiger partial charge >= 0.3 is 0 Å². The molecule has 1 heterocycles. The largest absolute Gasteiger partial charge is 0.497 e. The molecule has 2 bridgehead atoms. The number of carbonyl (C=O) groups is 2. The Morgan fingerprint density at radius 2 is 2.00 bits per heavy atom. The summed E-state index contributed by atoms with van der Waals surface area (Å²) in [6, 6.07) is 7.43. The smallest absolute Gasteiger partial charge is 0.227 e. The second-order valence-electron chi connectivity index (χ2n) is 4.93. The number of carbonyl (C=O) groups excluding carboxylic acids is 2. The monoisotopic (exact) mass is 245 g/mol. The summed E-state index contributed by atoms with van der Waals surface area (Å²) in [5.41, 5.74) is 1.03. The van der Waals surface area contributed by atoms with E-state index < -0.39 is 0 Å². The molecule has 1 aromatic rings. The number of hydrogen-bond acceptors (Lipinski definition) is 3. The highest BCUT2D eigenvalue weighted by atomic mass is 16.5. The van der Waals surface area contributed by atoms with E-state index in [1.807, 2.05) is 24.3 Å². The number of likely N-dealkylation sites (tertiary alicyclic amines) is 1. The van der Waals surface area contributed by atoms with Crippen molar-refractivity contribution in [3.8, 4) is 5.75 Å². The number of fused-ring (bicyclic) bond motifs is 2. The van der Waals surface area contributed by atoms with E-state index in [1.54, 1.807) is 12.0 Å². The molecule has 0 radical (unpaired) electrons. The van der Waals surface area contributed by atoms with E-state index >= 15 is 0 Å². The summed E-state index contributed by atoms with van der Waals surface area (Å²) in [5, 5.41) is 0. The zero-order valence-corrected chi connectivity index (χ0v) is 10.3. The molecule has 94 valence electrons. The highest BCUT2D eigenvalue weighted by molar-refractivity contribution is 6.00. The summed E-state index contributed by atoms with van der Waals surface area (Å²) in [4.78, 5) is 25.4. The third kappa shape index (κ3) is 1.68. The van der Waals surface area contributed by atoms with Crippen LogP contribution in [0.1, 0.15) is 18.4 Å². The zero-order chi connectivity index (χ0) is 12.7. The van der Waals surface area contributed by atoms with Gasteiger partial charge in [0.1, 0.15) is 5.75 Å². The van der Waals surface area contributed by atoms with Gasteiger partial charge in [0, 0.05) is 18.9 Å². The van der Waals surface area contributed by atoms with Crippen molar-refractivity contribution in [3.63, 3.8) is 0 Å². The van der Waals surface area contributed by atoms with Crippen LogP contribution in [0, 0.1) is 5.92 Å². The molecule has 2 aliphatic rings. The predicted molar refractivity (Wildman–Crippen MR) is 65.1 cm³/mol. The zero-order valence-electron chi connectivity index (χ0n) is 10.3. The molecule has 3 rings (SSSR count). The van der Waals surface area contributed by atoms with E-state index in [2.05, 4.69) is 0 Å². The molecule has 2 fully saturated rings. The minimum absolute atomic E-state index is 0.0549. The van der Waals surface area contributed by atoms with Crippen LogP contribution in [-0.2, 0) is 16.1 Å². The van der Waals surface area contributed by atoms with Gasteiger partial charge in [-0.2, -0.15) is 0 Å². The molecule has 0 N–H and O–H groups in total. The summed E-state index contributed by atoms with van der Waals surface area (Å²) < 4.78 is 5.09. The van der Waals surface area contributed by atoms with E-state index in [0.717, 1.165) is 11.3 Å². The fraction of sp³-hybridized carbons (Fsp3) is 0.429. The molecule has 1 amide bonds. The lowest BCUT2D eigenvalue weighted by Crippen LogP contribution is -2.41. The van der Waals surface area contributed by atoms with Gasteiger partial charge in [0.15, 0.2) is 5.78 Å². The molecule has 1 saturated heterocycles. The summed E-state index contributed by atoms with van der Waals surface area (Å²) in [6.45, 7) is 0.524. The summed E-state index contributed by atoms with van der Waals surface area (Å²) in [5.74, 6) is 1.09. The number of methoxy groups -OCH3 is 1. The number of benzene rings is 1. The van der Waals surface area contributed by atoms with E-state index in [0.29, 0.717) is 19.4 Å². The van der Waals surface area contributed by atoms with Crippen LogP contribution < -0.4 is 4.74 Å². The van der Waals surface area contributed by atoms with Gasteiger partial charge in [-0.1, -0.05) is 12.1 Å². The Labute approximate surface area is 106 Å². The lowest BCUT2D eigenvalue weighted by Gasteiger charge is -2.26. The van der Waals surface area contributed by atoms with Crippen molar-refractivity contribution >= 4 is 11.7 Å². The Bertz CT molecular complexity index is 494. The minimum Gasteiger partial charge on any atom is -0.497 e. The van der Waals surface area contributed by atoms with Gasteiger partial charge in [0.2, 0.25) is 5.91 Å². The summed E-state index contributed by atoms with van der Waals surface area (Å²) in [6.07, 6.45) is 1.16. The molecule has 0 unspecified atom stereocenters. The highest BCUT2D eigenvalue weighted by Crippen LogP contribution is 2.37. The number of ether oxygens (including phenoxy) is 1. The molecular weight excluding hydrogens is 230 g/mol. The first-order valence-electron chi connectivity index (χ1n) is 6.15. The first kappa shape index (κ1) is 11.3. The average molecular weight is 245 g/mol. The molecule has 1 saturated carbocycles. The van der Waals surface area contributed by atoms with E-state index in [9.17, 15) is 9.59 Å². The van der Waals surface area contributed by atoms with Crippen LogP contribution in [0.4, 0.5) is 0 Å². The quantitative estimate of drug-likeness (QED) is 0.808. The second kappa shape index (κ2) is 4.12. The van der Waals surface area contributed by atoms with Crippen molar-refractivity contribution in [1.82, 2.24) is 4.90 Å². The summed E-state index contributed by atoms with van der Waals surface area (Å²) >= 11 is 0. The molecule has 1 aliphatic carbocycles. The SMILES string of the molecule is COc1ccc(CN2C(=O)[C@H]3CC(=O)[C@H]2C3)cc1. The van der Waals surface area contributed by atoms with Crippen molar-refractivity contribution in [2.45, 2.75) is 25.4 Å². The molecule has 0 aromatic heterocycles. The molecule has 1 aromatic carbocycles. The Kier molecular flexibility index (Phi) is 2.58. The fourth-order valence-corrected chi connectivity index (χ4v) is 2.86. The molecule has 4 nitrogen and oxygen atoms in total.